The molecule has 3 fully saturated rings. The predicted octanol–water partition coefficient (Wildman–Crippen LogP) is 7.06. The lowest BCUT2D eigenvalue weighted by Gasteiger charge is -2.47. The van der Waals surface area contributed by atoms with E-state index in [9.17, 15) is 14.4 Å². The van der Waals surface area contributed by atoms with E-state index >= 15 is 4.39 Å². The number of piperazine rings is 1. The summed E-state index contributed by atoms with van der Waals surface area (Å²) in [5.74, 6) is 1.38. The molecule has 3 aromatic rings. The van der Waals surface area contributed by atoms with Gasteiger partial charge in [-0.15, -0.1) is 0 Å². The largest absolute Gasteiger partial charge is 0.387 e. The molecule has 16 heteroatoms. The molecule has 1 aromatic heterocycles. The number of carbonyl (C=O) groups excluding carboxylic acids is 3. The van der Waals surface area contributed by atoms with Crippen molar-refractivity contribution in [1.82, 2.24) is 24.5 Å². The van der Waals surface area contributed by atoms with Gasteiger partial charge < -0.3 is 26.6 Å². The van der Waals surface area contributed by atoms with Crippen LogP contribution in [0.5, 0.6) is 0 Å². The van der Waals surface area contributed by atoms with Crippen molar-refractivity contribution in [3.05, 3.63) is 65.4 Å². The van der Waals surface area contributed by atoms with E-state index in [0.29, 0.717) is 36.8 Å². The molecular weight excluding hydrogens is 830 g/mol. The first-order valence-corrected chi connectivity index (χ1v) is 24.1. The molecule has 4 heterocycles. The standard InChI is InChI=1S/C48H68FN11O3S/c1-8-11-34(12-9-2)60-44-38(48(18-19-48)45(60)63)27-53-46(55-44)56-47(6)20-22-58(29-41(47)49)64-36-14-10-13-33(25-36)32(5)57-23-24-59(40(28-57)31(3)4)35-15-16-37(39(26-35)51-7)43(50)54-42(62)17-21-52-30-61/h10,13-16,25-27,30-32,34,40-41,51H,8-9,11-12,17-24,28-29H2,1-7H3,(H,52,61)(H2,50,54,62)(H,53,55,56)/t32?,40?,41?,47-/m0/s1. The van der Waals surface area contributed by atoms with Crippen LogP contribution in [0.2, 0.25) is 0 Å². The van der Waals surface area contributed by atoms with E-state index in [1.54, 1.807) is 11.9 Å². The molecule has 64 heavy (non-hydrogen) atoms. The van der Waals surface area contributed by atoms with Crippen LogP contribution in [-0.4, -0.2) is 113 Å². The Morgan fingerprint density at radius 1 is 1.06 bits per heavy atom. The fourth-order valence-electron chi connectivity index (χ4n) is 9.77. The summed E-state index contributed by atoms with van der Waals surface area (Å²) >= 11 is 1.61. The average Bonchev–Trinajstić information content (AvgIpc) is 4.05. The second-order valence-electron chi connectivity index (χ2n) is 18.6. The second kappa shape index (κ2) is 20.2. The number of nitrogens with one attached hydrogen (secondary N) is 3. The van der Waals surface area contributed by atoms with Gasteiger partial charge in [0.1, 0.15) is 17.8 Å². The van der Waals surface area contributed by atoms with Crippen molar-refractivity contribution in [2.75, 3.05) is 66.7 Å². The van der Waals surface area contributed by atoms with E-state index in [2.05, 4.69) is 105 Å². The SMILES string of the molecule is CCCC(CCC)N1C(=O)C2(CC2)c2cnc(N[C@@]3(C)CCN(Sc4cccc(C(C)N5CCN(c6ccc(C(N)=NC(=O)CCNC=O)c(NC)c6)C(C(C)C)C5)c4)CC3F)nc21. The number of carbonyl (C=O) groups is 3. The fraction of sp³-hybridized carbons (Fsp3) is 0.583. The number of nitrogens with two attached hydrogens (primary N) is 1. The molecule has 4 atom stereocenters. The first-order valence-electron chi connectivity index (χ1n) is 23.3. The Morgan fingerprint density at radius 2 is 1.83 bits per heavy atom. The highest BCUT2D eigenvalue weighted by atomic mass is 32.2. The summed E-state index contributed by atoms with van der Waals surface area (Å²) in [5.41, 5.74) is 9.63. The van der Waals surface area contributed by atoms with Crippen LogP contribution in [0, 0.1) is 5.92 Å². The van der Waals surface area contributed by atoms with Gasteiger partial charge in [-0.2, -0.15) is 9.98 Å². The maximum absolute atomic E-state index is 16.4. The topological polar surface area (TPSA) is 164 Å². The molecular formula is C48H68FN11O3S. The number of hydrogen-bond donors (Lipinski definition) is 4. The number of aliphatic imine (C=N–C) groups is 1. The summed E-state index contributed by atoms with van der Waals surface area (Å²) in [6.07, 6.45) is 7.37. The minimum Gasteiger partial charge on any atom is -0.387 e. The van der Waals surface area contributed by atoms with Crippen LogP contribution in [0.15, 0.2) is 58.5 Å². The van der Waals surface area contributed by atoms with Crippen LogP contribution in [0.1, 0.15) is 116 Å². The van der Waals surface area contributed by atoms with Crippen LogP contribution in [-0.2, 0) is 19.8 Å². The van der Waals surface area contributed by atoms with Gasteiger partial charge >= 0.3 is 0 Å². The molecule has 0 radical (unpaired) electrons. The molecule has 3 aliphatic heterocycles. The maximum atomic E-state index is 16.4. The molecule has 2 saturated heterocycles. The maximum Gasteiger partial charge on any atom is 0.249 e. The third kappa shape index (κ3) is 9.88. The average molecular weight is 898 g/mol. The lowest BCUT2D eigenvalue weighted by molar-refractivity contribution is -0.121. The zero-order chi connectivity index (χ0) is 45.8. The number of hydrogen-bond acceptors (Lipinski definition) is 11. The quantitative estimate of drug-likeness (QED) is 0.0319. The Bertz CT molecular complexity index is 2180. The summed E-state index contributed by atoms with van der Waals surface area (Å²) in [6, 6.07) is 15.2. The zero-order valence-corrected chi connectivity index (χ0v) is 39.5. The monoisotopic (exact) mass is 898 g/mol. The van der Waals surface area contributed by atoms with Crippen molar-refractivity contribution in [2.24, 2.45) is 16.6 Å². The predicted molar refractivity (Wildman–Crippen MR) is 256 cm³/mol. The van der Waals surface area contributed by atoms with Gasteiger partial charge in [0.25, 0.3) is 0 Å². The number of halogens is 1. The Labute approximate surface area is 382 Å². The highest BCUT2D eigenvalue weighted by Crippen LogP contribution is 2.57. The Kier molecular flexibility index (Phi) is 14.9. The number of benzene rings is 2. The highest BCUT2D eigenvalue weighted by molar-refractivity contribution is 7.97. The molecule has 3 amide bonds. The number of alkyl halides is 1. The van der Waals surface area contributed by atoms with Crippen molar-refractivity contribution in [1.29, 1.82) is 0 Å². The van der Waals surface area contributed by atoms with E-state index < -0.39 is 23.0 Å². The van der Waals surface area contributed by atoms with Crippen molar-refractivity contribution < 1.29 is 18.8 Å². The lowest BCUT2D eigenvalue weighted by Crippen LogP contribution is -2.55. The van der Waals surface area contributed by atoms with Crippen LogP contribution in [0.25, 0.3) is 0 Å². The zero-order valence-electron chi connectivity index (χ0n) is 38.7. The van der Waals surface area contributed by atoms with Crippen molar-refractivity contribution in [2.45, 2.75) is 133 Å². The summed E-state index contributed by atoms with van der Waals surface area (Å²) in [5, 5.41) is 9.11. The summed E-state index contributed by atoms with van der Waals surface area (Å²) < 4.78 is 18.5. The third-order valence-corrected chi connectivity index (χ3v) is 14.9. The summed E-state index contributed by atoms with van der Waals surface area (Å²) in [4.78, 5) is 58.4. The molecule has 3 unspecified atom stereocenters. The molecule has 5 N–H and O–H groups in total. The smallest absolute Gasteiger partial charge is 0.249 e. The van der Waals surface area contributed by atoms with Gasteiger partial charge in [0.15, 0.2) is 0 Å². The van der Waals surface area contributed by atoms with E-state index in [4.69, 9.17) is 10.7 Å². The van der Waals surface area contributed by atoms with Crippen molar-refractivity contribution >= 4 is 59.1 Å². The molecule has 4 aliphatic rings. The lowest BCUT2D eigenvalue weighted by atomic mass is 9.89. The first kappa shape index (κ1) is 47.2. The van der Waals surface area contributed by atoms with Gasteiger partial charge in [-0.1, -0.05) is 52.7 Å². The van der Waals surface area contributed by atoms with Gasteiger partial charge in [0.2, 0.25) is 24.2 Å². The van der Waals surface area contributed by atoms with Crippen molar-refractivity contribution in [3.8, 4) is 0 Å². The van der Waals surface area contributed by atoms with Gasteiger partial charge in [-0.25, -0.2) is 13.7 Å². The van der Waals surface area contributed by atoms with Crippen LogP contribution < -0.4 is 31.5 Å². The van der Waals surface area contributed by atoms with E-state index in [1.165, 1.54) is 5.56 Å². The van der Waals surface area contributed by atoms with E-state index in [-0.39, 0.29) is 49.4 Å². The van der Waals surface area contributed by atoms with Gasteiger partial charge in [0, 0.05) is 104 Å². The number of fused-ring (bicyclic) bond motifs is 2. The molecule has 346 valence electrons. The number of rotatable bonds is 19. The van der Waals surface area contributed by atoms with Gasteiger partial charge in [-0.05, 0) is 99.7 Å². The molecule has 14 nitrogen and oxygen atoms in total. The number of amides is 3. The first-order chi connectivity index (χ1) is 30.7. The number of aromatic nitrogens is 2. The van der Waals surface area contributed by atoms with E-state index in [0.717, 1.165) is 85.8 Å². The minimum atomic E-state index is -1.17. The summed E-state index contributed by atoms with van der Waals surface area (Å²) in [7, 11) is 1.83. The minimum absolute atomic E-state index is 0.0717. The van der Waals surface area contributed by atoms with Crippen LogP contribution in [0.4, 0.5) is 27.5 Å². The molecule has 2 aromatic carbocycles. The van der Waals surface area contributed by atoms with Crippen LogP contribution in [0.3, 0.4) is 0 Å². The Hall–Kier alpha value is -4.80. The van der Waals surface area contributed by atoms with E-state index in [1.807, 2.05) is 37.2 Å². The number of anilines is 4. The fourth-order valence-corrected chi connectivity index (χ4v) is 10.8. The number of nitrogens with zero attached hydrogens (tertiary/aromatic N) is 7. The normalized spacial score (nSPS) is 22.8. The molecule has 0 bridgehead atoms. The second-order valence-corrected chi connectivity index (χ2v) is 19.8. The number of amidine groups is 1. The van der Waals surface area contributed by atoms with Gasteiger partial charge in [0.05, 0.1) is 11.0 Å². The third-order valence-electron chi connectivity index (χ3n) is 13.9. The Morgan fingerprint density at radius 3 is 2.50 bits per heavy atom. The summed E-state index contributed by atoms with van der Waals surface area (Å²) in [6.45, 7) is 16.8. The molecule has 1 aliphatic carbocycles. The van der Waals surface area contributed by atoms with Crippen molar-refractivity contribution in [3.63, 3.8) is 0 Å². The molecule has 1 spiro atoms. The highest BCUT2D eigenvalue weighted by Gasteiger charge is 2.61. The van der Waals surface area contributed by atoms with Gasteiger partial charge in [-0.3, -0.25) is 24.2 Å². The van der Waals surface area contributed by atoms with Crippen LogP contribution >= 0.6 is 11.9 Å². The molecule has 7 rings (SSSR count). The Balaban J connectivity index is 0.972. The molecule has 1 saturated carbocycles. The number of piperidine rings is 1.